The van der Waals surface area contributed by atoms with Gasteiger partial charge < -0.3 is 14.8 Å². The van der Waals surface area contributed by atoms with Crippen LogP contribution in [0.25, 0.3) is 5.82 Å². The van der Waals surface area contributed by atoms with Gasteiger partial charge in [-0.05, 0) is 31.2 Å². The van der Waals surface area contributed by atoms with E-state index in [2.05, 4.69) is 15.3 Å². The number of nitrogens with zero attached hydrogens (tertiary/aromatic N) is 3. The van der Waals surface area contributed by atoms with E-state index in [1.807, 2.05) is 19.1 Å². The second kappa shape index (κ2) is 7.69. The van der Waals surface area contributed by atoms with E-state index in [-0.39, 0.29) is 11.9 Å². The van der Waals surface area contributed by atoms with Crippen molar-refractivity contribution in [3.8, 4) is 17.3 Å². The minimum Gasteiger partial charge on any atom is -0.497 e. The molecule has 134 valence electrons. The molecule has 0 aliphatic heterocycles. The van der Waals surface area contributed by atoms with Crippen LogP contribution in [-0.2, 0) is 0 Å². The standard InChI is InChI=1S/C19H20N4O3/c1-13(16-5-4-15(25-2)11-17(16)26-3)22-19(24)14-6-7-21-18(10-14)23-9-8-20-12-23/h4-13H,1-3H3,(H,22,24). The Bertz CT molecular complexity index is 894. The van der Waals surface area contributed by atoms with Crippen LogP contribution >= 0.6 is 0 Å². The van der Waals surface area contributed by atoms with Crippen LogP contribution in [0.4, 0.5) is 0 Å². The first-order valence-corrected chi connectivity index (χ1v) is 8.09. The Morgan fingerprint density at radius 2 is 2.00 bits per heavy atom. The lowest BCUT2D eigenvalue weighted by molar-refractivity contribution is 0.0939. The Kier molecular flexibility index (Phi) is 5.17. The van der Waals surface area contributed by atoms with Crippen molar-refractivity contribution in [3.63, 3.8) is 0 Å². The number of amides is 1. The van der Waals surface area contributed by atoms with Gasteiger partial charge in [0, 0.05) is 35.8 Å². The molecule has 1 amide bonds. The predicted octanol–water partition coefficient (Wildman–Crippen LogP) is 2.78. The van der Waals surface area contributed by atoms with Crippen molar-refractivity contribution in [1.29, 1.82) is 0 Å². The Hall–Kier alpha value is -3.35. The van der Waals surface area contributed by atoms with Crippen LogP contribution in [0.2, 0.25) is 0 Å². The summed E-state index contributed by atoms with van der Waals surface area (Å²) >= 11 is 0. The number of pyridine rings is 1. The zero-order chi connectivity index (χ0) is 18.5. The highest BCUT2D eigenvalue weighted by Gasteiger charge is 2.16. The summed E-state index contributed by atoms with van der Waals surface area (Å²) in [4.78, 5) is 20.9. The third kappa shape index (κ3) is 3.66. The summed E-state index contributed by atoms with van der Waals surface area (Å²) < 4.78 is 12.4. The van der Waals surface area contributed by atoms with Gasteiger partial charge >= 0.3 is 0 Å². The Labute approximate surface area is 151 Å². The van der Waals surface area contributed by atoms with E-state index in [1.54, 1.807) is 61.9 Å². The second-order valence-electron chi connectivity index (χ2n) is 5.68. The molecule has 1 N–H and O–H groups in total. The SMILES string of the molecule is COc1ccc(C(C)NC(=O)c2ccnc(-n3ccnc3)c2)c(OC)c1. The van der Waals surface area contributed by atoms with Crippen molar-refractivity contribution in [2.24, 2.45) is 0 Å². The van der Waals surface area contributed by atoms with Gasteiger partial charge in [0.15, 0.2) is 0 Å². The largest absolute Gasteiger partial charge is 0.497 e. The number of carbonyl (C=O) groups is 1. The van der Waals surface area contributed by atoms with Crippen LogP contribution in [0.1, 0.15) is 28.9 Å². The third-order valence-electron chi connectivity index (χ3n) is 4.03. The van der Waals surface area contributed by atoms with Crippen molar-refractivity contribution < 1.29 is 14.3 Å². The molecule has 0 bridgehead atoms. The molecule has 0 spiro atoms. The second-order valence-corrected chi connectivity index (χ2v) is 5.68. The average Bonchev–Trinajstić information content (AvgIpc) is 3.22. The van der Waals surface area contributed by atoms with Crippen LogP contribution < -0.4 is 14.8 Å². The summed E-state index contributed by atoms with van der Waals surface area (Å²) in [7, 11) is 3.19. The lowest BCUT2D eigenvalue weighted by atomic mass is 10.1. The normalized spacial score (nSPS) is 11.7. The molecular weight excluding hydrogens is 332 g/mol. The van der Waals surface area contributed by atoms with Gasteiger partial charge in [-0.3, -0.25) is 9.36 Å². The van der Waals surface area contributed by atoms with Crippen LogP contribution in [0.5, 0.6) is 11.5 Å². The molecule has 0 saturated carbocycles. The van der Waals surface area contributed by atoms with E-state index in [9.17, 15) is 4.79 Å². The van der Waals surface area contributed by atoms with Gasteiger partial charge in [-0.25, -0.2) is 9.97 Å². The average molecular weight is 352 g/mol. The number of rotatable bonds is 6. The molecule has 2 heterocycles. The lowest BCUT2D eigenvalue weighted by Gasteiger charge is -2.18. The van der Waals surface area contributed by atoms with E-state index in [0.29, 0.717) is 22.9 Å². The van der Waals surface area contributed by atoms with E-state index < -0.39 is 0 Å². The molecule has 0 aliphatic rings. The van der Waals surface area contributed by atoms with Crippen molar-refractivity contribution in [2.45, 2.75) is 13.0 Å². The molecule has 1 unspecified atom stereocenters. The number of methoxy groups -OCH3 is 2. The van der Waals surface area contributed by atoms with E-state index in [0.717, 1.165) is 5.56 Å². The lowest BCUT2D eigenvalue weighted by Crippen LogP contribution is -2.27. The quantitative estimate of drug-likeness (QED) is 0.738. The maximum absolute atomic E-state index is 12.6. The van der Waals surface area contributed by atoms with Gasteiger partial charge in [-0.2, -0.15) is 0 Å². The molecule has 3 rings (SSSR count). The molecular formula is C19H20N4O3. The zero-order valence-corrected chi connectivity index (χ0v) is 14.8. The number of ether oxygens (including phenoxy) is 2. The molecule has 0 radical (unpaired) electrons. The first-order valence-electron chi connectivity index (χ1n) is 8.09. The van der Waals surface area contributed by atoms with Gasteiger partial charge in [0.05, 0.1) is 20.3 Å². The minimum atomic E-state index is -0.242. The number of imidazole rings is 1. The minimum absolute atomic E-state index is 0.195. The van der Waals surface area contributed by atoms with Crippen LogP contribution in [0, 0.1) is 0 Å². The van der Waals surface area contributed by atoms with Crippen molar-refractivity contribution in [1.82, 2.24) is 19.9 Å². The highest BCUT2D eigenvalue weighted by atomic mass is 16.5. The third-order valence-corrected chi connectivity index (χ3v) is 4.03. The number of nitrogens with one attached hydrogen (secondary N) is 1. The number of carbonyl (C=O) groups excluding carboxylic acids is 1. The molecule has 7 nitrogen and oxygen atoms in total. The molecule has 1 aromatic carbocycles. The van der Waals surface area contributed by atoms with Gasteiger partial charge in [0.1, 0.15) is 23.6 Å². The molecule has 0 saturated heterocycles. The van der Waals surface area contributed by atoms with Crippen LogP contribution in [-0.4, -0.2) is 34.7 Å². The monoisotopic (exact) mass is 352 g/mol. The van der Waals surface area contributed by atoms with Gasteiger partial charge in [-0.15, -0.1) is 0 Å². The maximum Gasteiger partial charge on any atom is 0.251 e. The maximum atomic E-state index is 12.6. The highest BCUT2D eigenvalue weighted by Crippen LogP contribution is 2.29. The smallest absolute Gasteiger partial charge is 0.251 e. The summed E-state index contributed by atoms with van der Waals surface area (Å²) in [5.41, 5.74) is 1.38. The first-order chi connectivity index (χ1) is 12.6. The molecule has 26 heavy (non-hydrogen) atoms. The van der Waals surface area contributed by atoms with Gasteiger partial charge in [0.25, 0.3) is 5.91 Å². The van der Waals surface area contributed by atoms with Crippen molar-refractivity contribution >= 4 is 5.91 Å². The predicted molar refractivity (Wildman–Crippen MR) is 96.8 cm³/mol. The van der Waals surface area contributed by atoms with Crippen LogP contribution in [0.3, 0.4) is 0 Å². The Morgan fingerprint density at radius 1 is 1.15 bits per heavy atom. The fourth-order valence-corrected chi connectivity index (χ4v) is 2.63. The van der Waals surface area contributed by atoms with E-state index in [4.69, 9.17) is 9.47 Å². The fourth-order valence-electron chi connectivity index (χ4n) is 2.63. The van der Waals surface area contributed by atoms with Gasteiger partial charge in [0.2, 0.25) is 0 Å². The topological polar surface area (TPSA) is 78.3 Å². The number of benzene rings is 1. The highest BCUT2D eigenvalue weighted by molar-refractivity contribution is 5.94. The number of hydrogen-bond acceptors (Lipinski definition) is 5. The molecule has 0 aliphatic carbocycles. The number of aromatic nitrogens is 3. The zero-order valence-electron chi connectivity index (χ0n) is 14.8. The molecule has 7 heteroatoms. The summed E-state index contributed by atoms with van der Waals surface area (Å²) in [5, 5.41) is 2.98. The summed E-state index contributed by atoms with van der Waals surface area (Å²) in [6, 6.07) is 8.66. The molecule has 0 fully saturated rings. The molecule has 1 atom stereocenters. The molecule has 2 aromatic heterocycles. The van der Waals surface area contributed by atoms with Crippen LogP contribution in [0.15, 0.2) is 55.2 Å². The Morgan fingerprint density at radius 3 is 2.69 bits per heavy atom. The summed E-state index contributed by atoms with van der Waals surface area (Å²) in [5.74, 6) is 1.79. The van der Waals surface area contributed by atoms with Gasteiger partial charge in [-0.1, -0.05) is 0 Å². The summed E-state index contributed by atoms with van der Waals surface area (Å²) in [6.45, 7) is 1.90. The van der Waals surface area contributed by atoms with Crippen molar-refractivity contribution in [3.05, 3.63) is 66.4 Å². The van der Waals surface area contributed by atoms with E-state index in [1.165, 1.54) is 0 Å². The molecule has 3 aromatic rings. The van der Waals surface area contributed by atoms with Crippen molar-refractivity contribution in [2.75, 3.05) is 14.2 Å². The van der Waals surface area contributed by atoms with E-state index >= 15 is 0 Å². The Balaban J connectivity index is 1.79. The first kappa shape index (κ1) is 17.5. The number of hydrogen-bond donors (Lipinski definition) is 1. The fraction of sp³-hybridized carbons (Fsp3) is 0.211. The summed E-state index contributed by atoms with van der Waals surface area (Å²) in [6.07, 6.45) is 6.67.